The van der Waals surface area contributed by atoms with E-state index in [-0.39, 0.29) is 5.54 Å². The quantitative estimate of drug-likeness (QED) is 0.909. The van der Waals surface area contributed by atoms with Gasteiger partial charge in [-0.3, -0.25) is 4.98 Å². The molecule has 1 unspecified atom stereocenters. The molecular formula is C14H18N4O. The van der Waals surface area contributed by atoms with E-state index in [1.807, 2.05) is 18.3 Å². The van der Waals surface area contributed by atoms with Gasteiger partial charge in [0.25, 0.3) is 0 Å². The van der Waals surface area contributed by atoms with E-state index in [0.29, 0.717) is 6.42 Å². The smallest absolute Gasteiger partial charge is 0.246 e. The van der Waals surface area contributed by atoms with E-state index in [2.05, 4.69) is 27.4 Å². The van der Waals surface area contributed by atoms with Crippen LogP contribution in [0.4, 0.5) is 0 Å². The number of hydrogen-bond acceptors (Lipinski definition) is 5. The largest absolute Gasteiger partial charge is 0.337 e. The van der Waals surface area contributed by atoms with Crippen molar-refractivity contribution in [1.82, 2.24) is 20.4 Å². The third-order valence-electron chi connectivity index (χ3n) is 3.81. The Kier molecular flexibility index (Phi) is 3.29. The SMILES string of the molecule is CCC1(c2nc(Cc3cccnc3)no2)CCCN1. The molecule has 1 N–H and O–H groups in total. The summed E-state index contributed by atoms with van der Waals surface area (Å²) in [7, 11) is 0. The average Bonchev–Trinajstić information content (AvgIpc) is 3.09. The highest BCUT2D eigenvalue weighted by atomic mass is 16.5. The van der Waals surface area contributed by atoms with Crippen LogP contribution >= 0.6 is 0 Å². The van der Waals surface area contributed by atoms with Crippen molar-refractivity contribution in [3.63, 3.8) is 0 Å². The first-order valence-electron chi connectivity index (χ1n) is 6.79. The summed E-state index contributed by atoms with van der Waals surface area (Å²) in [6, 6.07) is 3.94. The fraction of sp³-hybridized carbons (Fsp3) is 0.500. The molecule has 0 saturated carbocycles. The van der Waals surface area contributed by atoms with Gasteiger partial charge < -0.3 is 9.84 Å². The summed E-state index contributed by atoms with van der Waals surface area (Å²) in [4.78, 5) is 8.66. The summed E-state index contributed by atoms with van der Waals surface area (Å²) in [5.74, 6) is 1.45. The van der Waals surface area contributed by atoms with Gasteiger partial charge in [0, 0.05) is 18.8 Å². The molecule has 1 aliphatic heterocycles. The van der Waals surface area contributed by atoms with Crippen molar-refractivity contribution >= 4 is 0 Å². The Morgan fingerprint density at radius 3 is 3.11 bits per heavy atom. The van der Waals surface area contributed by atoms with Gasteiger partial charge in [0.2, 0.25) is 5.89 Å². The molecule has 3 heterocycles. The Morgan fingerprint density at radius 2 is 2.42 bits per heavy atom. The molecule has 3 rings (SSSR count). The molecule has 0 amide bonds. The van der Waals surface area contributed by atoms with Crippen molar-refractivity contribution in [3.8, 4) is 0 Å². The van der Waals surface area contributed by atoms with Gasteiger partial charge in [-0.15, -0.1) is 0 Å². The molecule has 1 fully saturated rings. The van der Waals surface area contributed by atoms with Crippen LogP contribution in [-0.2, 0) is 12.0 Å². The molecular weight excluding hydrogens is 240 g/mol. The number of hydrogen-bond donors (Lipinski definition) is 1. The van der Waals surface area contributed by atoms with E-state index in [4.69, 9.17) is 4.52 Å². The first kappa shape index (κ1) is 12.3. The van der Waals surface area contributed by atoms with Crippen molar-refractivity contribution in [1.29, 1.82) is 0 Å². The van der Waals surface area contributed by atoms with Crippen LogP contribution in [-0.4, -0.2) is 21.7 Å². The number of nitrogens with one attached hydrogen (secondary N) is 1. The van der Waals surface area contributed by atoms with Crippen LogP contribution in [0.25, 0.3) is 0 Å². The third kappa shape index (κ3) is 2.38. The topological polar surface area (TPSA) is 63.8 Å². The molecule has 2 aromatic heterocycles. The van der Waals surface area contributed by atoms with Gasteiger partial charge in [-0.05, 0) is 37.4 Å². The molecule has 2 aromatic rings. The van der Waals surface area contributed by atoms with E-state index in [1.54, 1.807) is 6.20 Å². The standard InChI is InChI=1S/C14H18N4O/c1-2-14(6-4-8-16-14)13-17-12(18-19-13)9-11-5-3-7-15-10-11/h3,5,7,10,16H,2,4,6,8-9H2,1H3. The Bertz CT molecular complexity index is 531. The fourth-order valence-corrected chi connectivity index (χ4v) is 2.65. The second-order valence-electron chi connectivity index (χ2n) is 5.02. The second kappa shape index (κ2) is 5.09. The molecule has 0 aromatic carbocycles. The van der Waals surface area contributed by atoms with Crippen LogP contribution in [0.3, 0.4) is 0 Å². The van der Waals surface area contributed by atoms with E-state index < -0.39 is 0 Å². The van der Waals surface area contributed by atoms with Gasteiger partial charge >= 0.3 is 0 Å². The van der Waals surface area contributed by atoms with Gasteiger partial charge in [0.1, 0.15) is 0 Å². The van der Waals surface area contributed by atoms with E-state index >= 15 is 0 Å². The maximum atomic E-state index is 5.47. The Balaban J connectivity index is 1.79. The highest BCUT2D eigenvalue weighted by Crippen LogP contribution is 2.32. The highest BCUT2D eigenvalue weighted by Gasteiger charge is 2.38. The van der Waals surface area contributed by atoms with Gasteiger partial charge in [-0.1, -0.05) is 18.1 Å². The van der Waals surface area contributed by atoms with Crippen LogP contribution in [0.1, 0.15) is 43.5 Å². The highest BCUT2D eigenvalue weighted by molar-refractivity contribution is 5.15. The minimum absolute atomic E-state index is 0.111. The first-order chi connectivity index (χ1) is 9.32. The van der Waals surface area contributed by atoms with Crippen LogP contribution in [0.2, 0.25) is 0 Å². The van der Waals surface area contributed by atoms with Crippen molar-refractivity contribution < 1.29 is 4.52 Å². The van der Waals surface area contributed by atoms with Crippen LogP contribution in [0, 0.1) is 0 Å². The summed E-state index contributed by atoms with van der Waals surface area (Å²) in [5, 5.41) is 7.60. The van der Waals surface area contributed by atoms with Crippen molar-refractivity contribution in [3.05, 3.63) is 41.8 Å². The molecule has 0 spiro atoms. The maximum absolute atomic E-state index is 5.47. The lowest BCUT2D eigenvalue weighted by atomic mass is 9.94. The van der Waals surface area contributed by atoms with Crippen LogP contribution < -0.4 is 5.32 Å². The minimum Gasteiger partial charge on any atom is -0.337 e. The summed E-state index contributed by atoms with van der Waals surface area (Å²) in [5.41, 5.74) is 0.986. The lowest BCUT2D eigenvalue weighted by Crippen LogP contribution is -2.36. The van der Waals surface area contributed by atoms with Crippen molar-refractivity contribution in [2.45, 2.75) is 38.1 Å². The lowest BCUT2D eigenvalue weighted by Gasteiger charge is -2.22. The van der Waals surface area contributed by atoms with Crippen molar-refractivity contribution in [2.75, 3.05) is 6.54 Å². The third-order valence-corrected chi connectivity index (χ3v) is 3.81. The molecule has 5 nitrogen and oxygen atoms in total. The predicted molar refractivity (Wildman–Crippen MR) is 70.5 cm³/mol. The molecule has 100 valence electrons. The fourth-order valence-electron chi connectivity index (χ4n) is 2.65. The first-order valence-corrected chi connectivity index (χ1v) is 6.79. The molecule has 0 radical (unpaired) electrons. The molecule has 0 bridgehead atoms. The zero-order chi connectivity index (χ0) is 13.1. The zero-order valence-electron chi connectivity index (χ0n) is 11.1. The lowest BCUT2D eigenvalue weighted by molar-refractivity contribution is 0.249. The molecule has 1 atom stereocenters. The van der Waals surface area contributed by atoms with E-state index in [1.165, 1.54) is 0 Å². The van der Waals surface area contributed by atoms with E-state index in [9.17, 15) is 0 Å². The van der Waals surface area contributed by atoms with Gasteiger partial charge in [0.05, 0.1) is 5.54 Å². The maximum Gasteiger partial charge on any atom is 0.246 e. The summed E-state index contributed by atoms with van der Waals surface area (Å²) in [6.45, 7) is 3.18. The molecule has 5 heteroatoms. The zero-order valence-corrected chi connectivity index (χ0v) is 11.1. The minimum atomic E-state index is -0.111. The number of rotatable bonds is 4. The molecule has 0 aliphatic carbocycles. The summed E-state index contributed by atoms with van der Waals surface area (Å²) < 4.78 is 5.47. The Morgan fingerprint density at radius 1 is 1.47 bits per heavy atom. The number of pyridine rings is 1. The van der Waals surface area contributed by atoms with Gasteiger partial charge in [0.15, 0.2) is 5.82 Å². The second-order valence-corrected chi connectivity index (χ2v) is 5.02. The molecule has 1 aliphatic rings. The summed E-state index contributed by atoms with van der Waals surface area (Å²) >= 11 is 0. The number of nitrogens with zero attached hydrogens (tertiary/aromatic N) is 3. The molecule has 19 heavy (non-hydrogen) atoms. The summed E-state index contributed by atoms with van der Waals surface area (Å²) in [6.07, 6.45) is 7.46. The van der Waals surface area contributed by atoms with Gasteiger partial charge in [-0.25, -0.2) is 0 Å². The normalized spacial score (nSPS) is 22.8. The van der Waals surface area contributed by atoms with Gasteiger partial charge in [-0.2, -0.15) is 4.98 Å². The van der Waals surface area contributed by atoms with Crippen molar-refractivity contribution in [2.24, 2.45) is 0 Å². The van der Waals surface area contributed by atoms with Crippen LogP contribution in [0.15, 0.2) is 29.0 Å². The van der Waals surface area contributed by atoms with E-state index in [0.717, 1.165) is 43.1 Å². The van der Waals surface area contributed by atoms with Crippen LogP contribution in [0.5, 0.6) is 0 Å². The monoisotopic (exact) mass is 258 g/mol. The predicted octanol–water partition coefficient (Wildman–Crippen LogP) is 2.04. The Labute approximate surface area is 112 Å². The average molecular weight is 258 g/mol. The number of aromatic nitrogens is 3. The molecule has 1 saturated heterocycles. The Hall–Kier alpha value is -1.75.